The molecule has 0 bridgehead atoms. The predicted molar refractivity (Wildman–Crippen MR) is 107 cm³/mol. The summed E-state index contributed by atoms with van der Waals surface area (Å²) in [5.41, 5.74) is 1.84. The van der Waals surface area contributed by atoms with Gasteiger partial charge in [0.1, 0.15) is 11.9 Å². The van der Waals surface area contributed by atoms with Crippen molar-refractivity contribution in [2.24, 2.45) is 0 Å². The molecule has 30 heavy (non-hydrogen) atoms. The van der Waals surface area contributed by atoms with Crippen molar-refractivity contribution in [2.45, 2.75) is 37.5 Å². The standard InChI is InChI=1S/C21H24F4N2O2S/c1-30(28,29)26-20(21(23,24)25)18-4-2-15(3-5-18)14-27-12-10-17(11-13-27)16-6-8-19(22)9-7-16/h2-9,17,20,26H,10-14H2,1H3/t20-/m0/s1. The van der Waals surface area contributed by atoms with E-state index in [9.17, 15) is 26.0 Å². The quantitative estimate of drug-likeness (QED) is 0.674. The van der Waals surface area contributed by atoms with Crippen LogP contribution in [0.2, 0.25) is 0 Å². The van der Waals surface area contributed by atoms with Crippen molar-refractivity contribution in [3.63, 3.8) is 0 Å². The Balaban J connectivity index is 1.60. The third-order valence-electron chi connectivity index (χ3n) is 5.31. The van der Waals surface area contributed by atoms with E-state index >= 15 is 0 Å². The van der Waals surface area contributed by atoms with Gasteiger partial charge in [-0.3, -0.25) is 4.90 Å². The average Bonchev–Trinajstić information content (AvgIpc) is 2.67. The van der Waals surface area contributed by atoms with Crippen LogP contribution in [0.3, 0.4) is 0 Å². The SMILES string of the molecule is CS(=O)(=O)N[C@@H](c1ccc(CN2CCC(c3ccc(F)cc3)CC2)cc1)C(F)(F)F. The zero-order valence-electron chi connectivity index (χ0n) is 16.5. The van der Waals surface area contributed by atoms with Crippen LogP contribution in [0.15, 0.2) is 48.5 Å². The van der Waals surface area contributed by atoms with Gasteiger partial charge in [0.2, 0.25) is 10.0 Å². The van der Waals surface area contributed by atoms with E-state index in [4.69, 9.17) is 0 Å². The molecule has 1 atom stereocenters. The van der Waals surface area contributed by atoms with Crippen molar-refractivity contribution in [1.29, 1.82) is 0 Å². The Morgan fingerprint density at radius 2 is 1.60 bits per heavy atom. The molecular formula is C21H24F4N2O2S. The van der Waals surface area contributed by atoms with Crippen LogP contribution >= 0.6 is 0 Å². The van der Waals surface area contributed by atoms with Crippen molar-refractivity contribution in [3.05, 3.63) is 71.0 Å². The van der Waals surface area contributed by atoms with E-state index in [0.29, 0.717) is 18.7 Å². The highest BCUT2D eigenvalue weighted by Crippen LogP contribution is 2.34. The molecule has 1 fully saturated rings. The van der Waals surface area contributed by atoms with E-state index in [1.165, 1.54) is 24.3 Å². The summed E-state index contributed by atoms with van der Waals surface area (Å²) in [7, 11) is -4.02. The van der Waals surface area contributed by atoms with Crippen LogP contribution in [0.1, 0.15) is 41.5 Å². The number of piperidine rings is 1. The smallest absolute Gasteiger partial charge is 0.299 e. The van der Waals surface area contributed by atoms with Gasteiger partial charge in [0.25, 0.3) is 0 Å². The number of alkyl halides is 3. The first-order valence-electron chi connectivity index (χ1n) is 9.62. The summed E-state index contributed by atoms with van der Waals surface area (Å²) in [5.74, 6) is 0.123. The number of likely N-dealkylation sites (tertiary alicyclic amines) is 1. The van der Waals surface area contributed by atoms with Crippen LogP contribution in [0, 0.1) is 5.82 Å². The van der Waals surface area contributed by atoms with Crippen LogP contribution in [0.25, 0.3) is 0 Å². The van der Waals surface area contributed by atoms with Crippen LogP contribution < -0.4 is 4.72 Å². The Labute approximate surface area is 173 Å². The lowest BCUT2D eigenvalue weighted by molar-refractivity contribution is -0.153. The second kappa shape index (κ2) is 9.03. The molecular weight excluding hydrogens is 420 g/mol. The lowest BCUT2D eigenvalue weighted by Gasteiger charge is -2.32. The maximum Gasteiger partial charge on any atom is 0.408 e. The van der Waals surface area contributed by atoms with Gasteiger partial charge in [0.15, 0.2) is 0 Å². The average molecular weight is 444 g/mol. The summed E-state index contributed by atoms with van der Waals surface area (Å²) in [5, 5.41) is 0. The zero-order chi connectivity index (χ0) is 21.9. The summed E-state index contributed by atoms with van der Waals surface area (Å²) in [6.45, 7) is 2.28. The van der Waals surface area contributed by atoms with E-state index in [2.05, 4.69) is 4.90 Å². The van der Waals surface area contributed by atoms with Gasteiger partial charge in [-0.15, -0.1) is 0 Å². The van der Waals surface area contributed by atoms with Crippen LogP contribution in [-0.2, 0) is 16.6 Å². The number of hydrogen-bond acceptors (Lipinski definition) is 3. The van der Waals surface area contributed by atoms with E-state index in [1.54, 1.807) is 16.9 Å². The second-order valence-electron chi connectivity index (χ2n) is 7.71. The fourth-order valence-corrected chi connectivity index (χ4v) is 4.47. The van der Waals surface area contributed by atoms with Gasteiger partial charge in [-0.05, 0) is 60.7 Å². The molecule has 0 saturated carbocycles. The molecule has 3 rings (SSSR count). The maximum atomic E-state index is 13.3. The predicted octanol–water partition coefficient (Wildman–Crippen LogP) is 4.36. The second-order valence-corrected chi connectivity index (χ2v) is 9.49. The van der Waals surface area contributed by atoms with E-state index in [1.807, 2.05) is 12.1 Å². The van der Waals surface area contributed by atoms with Gasteiger partial charge in [-0.25, -0.2) is 12.8 Å². The Morgan fingerprint density at radius 1 is 1.03 bits per heavy atom. The van der Waals surface area contributed by atoms with E-state index in [-0.39, 0.29) is 11.4 Å². The van der Waals surface area contributed by atoms with Gasteiger partial charge in [-0.1, -0.05) is 36.4 Å². The molecule has 1 heterocycles. The molecule has 0 radical (unpaired) electrons. The first-order chi connectivity index (χ1) is 14.0. The molecule has 0 spiro atoms. The molecule has 1 aliphatic heterocycles. The number of benzene rings is 2. The topological polar surface area (TPSA) is 49.4 Å². The highest BCUT2D eigenvalue weighted by Gasteiger charge is 2.42. The summed E-state index contributed by atoms with van der Waals surface area (Å²) < 4.78 is 77.1. The lowest BCUT2D eigenvalue weighted by Crippen LogP contribution is -2.37. The first kappa shape index (κ1) is 22.7. The Morgan fingerprint density at radius 3 is 2.10 bits per heavy atom. The Kier molecular flexibility index (Phi) is 6.84. The van der Waals surface area contributed by atoms with E-state index in [0.717, 1.165) is 37.1 Å². The van der Waals surface area contributed by atoms with Crippen LogP contribution in [-0.4, -0.2) is 38.8 Å². The monoisotopic (exact) mass is 444 g/mol. The number of sulfonamides is 1. The molecule has 9 heteroatoms. The number of nitrogens with one attached hydrogen (secondary N) is 1. The summed E-state index contributed by atoms with van der Waals surface area (Å²) in [6.07, 6.45) is -2.17. The normalized spacial score (nSPS) is 17.8. The molecule has 0 aliphatic carbocycles. The van der Waals surface area contributed by atoms with Crippen molar-refractivity contribution < 1.29 is 26.0 Å². The van der Waals surface area contributed by atoms with E-state index < -0.39 is 22.2 Å². The maximum absolute atomic E-state index is 13.3. The molecule has 164 valence electrons. The minimum absolute atomic E-state index is 0.147. The lowest BCUT2D eigenvalue weighted by atomic mass is 9.89. The minimum Gasteiger partial charge on any atom is -0.299 e. The molecule has 0 unspecified atom stereocenters. The van der Waals surface area contributed by atoms with Crippen molar-refractivity contribution in [1.82, 2.24) is 9.62 Å². The molecule has 4 nitrogen and oxygen atoms in total. The number of rotatable bonds is 6. The van der Waals surface area contributed by atoms with Gasteiger partial charge in [-0.2, -0.15) is 17.9 Å². The highest BCUT2D eigenvalue weighted by molar-refractivity contribution is 7.88. The fourth-order valence-electron chi connectivity index (χ4n) is 3.77. The molecule has 1 N–H and O–H groups in total. The molecule has 0 aromatic heterocycles. The molecule has 1 aliphatic rings. The van der Waals surface area contributed by atoms with Crippen molar-refractivity contribution in [3.8, 4) is 0 Å². The molecule has 1 saturated heterocycles. The zero-order valence-corrected chi connectivity index (χ0v) is 17.3. The third-order valence-corrected chi connectivity index (χ3v) is 5.97. The third kappa shape index (κ3) is 6.26. The number of halogens is 4. The van der Waals surface area contributed by atoms with Gasteiger partial charge >= 0.3 is 6.18 Å². The largest absolute Gasteiger partial charge is 0.408 e. The van der Waals surface area contributed by atoms with Crippen LogP contribution in [0.5, 0.6) is 0 Å². The molecule has 2 aromatic carbocycles. The Bertz CT molecular complexity index is 936. The first-order valence-corrected chi connectivity index (χ1v) is 11.5. The fraction of sp³-hybridized carbons (Fsp3) is 0.429. The molecule has 0 amide bonds. The van der Waals surface area contributed by atoms with Crippen molar-refractivity contribution >= 4 is 10.0 Å². The summed E-state index contributed by atoms with van der Waals surface area (Å²) in [6, 6.07) is 10.1. The van der Waals surface area contributed by atoms with Gasteiger partial charge in [0, 0.05) is 6.54 Å². The summed E-state index contributed by atoms with van der Waals surface area (Å²) >= 11 is 0. The van der Waals surface area contributed by atoms with Crippen molar-refractivity contribution in [2.75, 3.05) is 19.3 Å². The van der Waals surface area contributed by atoms with Crippen LogP contribution in [0.4, 0.5) is 17.6 Å². The summed E-state index contributed by atoms with van der Waals surface area (Å²) in [4.78, 5) is 2.23. The van der Waals surface area contributed by atoms with Gasteiger partial charge < -0.3 is 0 Å². The Hall–Kier alpha value is -1.97. The minimum atomic E-state index is -4.73. The van der Waals surface area contributed by atoms with Gasteiger partial charge in [0.05, 0.1) is 6.26 Å². The number of nitrogens with zero attached hydrogens (tertiary/aromatic N) is 1. The highest BCUT2D eigenvalue weighted by atomic mass is 32.2. The molecule has 2 aromatic rings. The number of hydrogen-bond donors (Lipinski definition) is 1.